The Morgan fingerprint density at radius 2 is 1.90 bits per heavy atom. The van der Waals surface area contributed by atoms with Gasteiger partial charge in [-0.05, 0) is 18.2 Å². The van der Waals surface area contributed by atoms with Crippen LogP contribution in [-0.2, 0) is 0 Å². The predicted octanol–water partition coefficient (Wildman–Crippen LogP) is 2.79. The normalized spacial score (nSPS) is 9.50. The lowest BCUT2D eigenvalue weighted by atomic mass is 10.3. The summed E-state index contributed by atoms with van der Waals surface area (Å²) in [4.78, 5) is 0. The van der Waals surface area contributed by atoms with Crippen LogP contribution in [0.5, 0.6) is 0 Å². The smallest absolute Gasteiger partial charge is 0.0617 e. The van der Waals surface area contributed by atoms with Crippen LogP contribution in [0.4, 0.5) is 5.69 Å². The summed E-state index contributed by atoms with van der Waals surface area (Å²) in [6, 6.07) is 4.75. The number of benzene rings is 1. The minimum absolute atomic E-state index is 0.417. The fourth-order valence-electron chi connectivity index (χ4n) is 0.566. The number of nitrogens with one attached hydrogen (secondary N) is 1. The molecule has 0 aromatic heterocycles. The first-order chi connectivity index (χ1) is 4.74. The largest absolute Gasteiger partial charge is 0.291 e. The lowest BCUT2D eigenvalue weighted by Crippen LogP contribution is -1.87. The van der Waals surface area contributed by atoms with Gasteiger partial charge >= 0.3 is 0 Å². The number of hydrogen-bond acceptors (Lipinski definition) is 2. The standard InChI is InChI=1S/C6H5Cl2NO/c7-5-2-1-4(9-10)3-6(5)8/h1-3,9-10H. The SMILES string of the molecule is ONc1ccc(Cl)c(Cl)c1. The lowest BCUT2D eigenvalue weighted by molar-refractivity contribution is 0.389. The van der Waals surface area contributed by atoms with Gasteiger partial charge in [0.1, 0.15) is 0 Å². The van der Waals surface area contributed by atoms with Crippen LogP contribution in [-0.4, -0.2) is 5.21 Å². The highest BCUT2D eigenvalue weighted by Gasteiger charge is 1.96. The van der Waals surface area contributed by atoms with Gasteiger partial charge < -0.3 is 0 Å². The van der Waals surface area contributed by atoms with Crippen LogP contribution in [0.1, 0.15) is 0 Å². The van der Waals surface area contributed by atoms with Gasteiger partial charge in [-0.2, -0.15) is 0 Å². The molecule has 2 nitrogen and oxygen atoms in total. The third-order valence-corrected chi connectivity index (χ3v) is 1.79. The van der Waals surface area contributed by atoms with E-state index in [-0.39, 0.29) is 0 Å². The third-order valence-electron chi connectivity index (χ3n) is 1.05. The van der Waals surface area contributed by atoms with E-state index in [0.29, 0.717) is 15.7 Å². The van der Waals surface area contributed by atoms with Gasteiger partial charge in [-0.3, -0.25) is 10.7 Å². The van der Waals surface area contributed by atoms with E-state index in [2.05, 4.69) is 0 Å². The van der Waals surface area contributed by atoms with Crippen LogP contribution < -0.4 is 5.48 Å². The van der Waals surface area contributed by atoms with Gasteiger partial charge in [0.25, 0.3) is 0 Å². The van der Waals surface area contributed by atoms with Crippen molar-refractivity contribution < 1.29 is 5.21 Å². The summed E-state index contributed by atoms with van der Waals surface area (Å²) in [6.07, 6.45) is 0. The van der Waals surface area contributed by atoms with E-state index in [4.69, 9.17) is 28.4 Å². The van der Waals surface area contributed by atoms with Crippen LogP contribution in [0, 0.1) is 0 Å². The maximum absolute atomic E-state index is 8.40. The Morgan fingerprint density at radius 3 is 2.40 bits per heavy atom. The van der Waals surface area contributed by atoms with Crippen molar-refractivity contribution in [3.05, 3.63) is 28.2 Å². The molecule has 54 valence electrons. The van der Waals surface area contributed by atoms with Crippen LogP contribution in [0.3, 0.4) is 0 Å². The van der Waals surface area contributed by atoms with Gasteiger partial charge in [-0.15, -0.1) is 0 Å². The second kappa shape index (κ2) is 3.10. The molecule has 0 amide bonds. The molecule has 0 spiro atoms. The van der Waals surface area contributed by atoms with Gasteiger partial charge in [0, 0.05) is 0 Å². The Labute approximate surface area is 68.3 Å². The molecular weight excluding hydrogens is 173 g/mol. The first kappa shape index (κ1) is 7.66. The minimum atomic E-state index is 0.417. The zero-order valence-corrected chi connectivity index (χ0v) is 6.45. The second-order valence-corrected chi connectivity index (χ2v) is 2.56. The van der Waals surface area contributed by atoms with Crippen molar-refractivity contribution in [3.63, 3.8) is 0 Å². The maximum Gasteiger partial charge on any atom is 0.0617 e. The van der Waals surface area contributed by atoms with Crippen molar-refractivity contribution in [1.82, 2.24) is 0 Å². The first-order valence-corrected chi connectivity index (χ1v) is 3.35. The van der Waals surface area contributed by atoms with E-state index in [1.54, 1.807) is 12.1 Å². The van der Waals surface area contributed by atoms with Crippen molar-refractivity contribution in [2.24, 2.45) is 0 Å². The molecule has 1 aromatic carbocycles. The Hall–Kier alpha value is -0.440. The van der Waals surface area contributed by atoms with Gasteiger partial charge in [0.15, 0.2) is 0 Å². The van der Waals surface area contributed by atoms with E-state index in [0.717, 1.165) is 0 Å². The van der Waals surface area contributed by atoms with Crippen molar-refractivity contribution in [2.75, 3.05) is 5.48 Å². The van der Waals surface area contributed by atoms with Crippen LogP contribution in [0.15, 0.2) is 18.2 Å². The fraction of sp³-hybridized carbons (Fsp3) is 0. The molecule has 0 atom stereocenters. The summed E-state index contributed by atoms with van der Waals surface area (Å²) in [5.74, 6) is 0. The van der Waals surface area contributed by atoms with Crippen molar-refractivity contribution in [2.45, 2.75) is 0 Å². The van der Waals surface area contributed by atoms with E-state index in [1.165, 1.54) is 6.07 Å². The first-order valence-electron chi connectivity index (χ1n) is 2.59. The minimum Gasteiger partial charge on any atom is -0.291 e. The number of halogens is 2. The summed E-state index contributed by atoms with van der Waals surface area (Å²) < 4.78 is 0. The van der Waals surface area contributed by atoms with Crippen LogP contribution in [0.25, 0.3) is 0 Å². The van der Waals surface area contributed by atoms with E-state index in [9.17, 15) is 0 Å². The fourth-order valence-corrected chi connectivity index (χ4v) is 0.864. The Balaban J connectivity index is 3.04. The summed E-state index contributed by atoms with van der Waals surface area (Å²) in [6.45, 7) is 0. The van der Waals surface area contributed by atoms with Crippen LogP contribution >= 0.6 is 23.2 Å². The molecule has 0 saturated heterocycles. The summed E-state index contributed by atoms with van der Waals surface area (Å²) in [5.41, 5.74) is 2.47. The Kier molecular flexibility index (Phi) is 2.38. The predicted molar refractivity (Wildman–Crippen MR) is 41.9 cm³/mol. The zero-order chi connectivity index (χ0) is 7.56. The highest BCUT2D eigenvalue weighted by molar-refractivity contribution is 6.42. The molecule has 0 saturated carbocycles. The van der Waals surface area contributed by atoms with E-state index >= 15 is 0 Å². The Bertz CT molecular complexity index is 239. The third kappa shape index (κ3) is 1.53. The molecule has 0 radical (unpaired) electrons. The lowest BCUT2D eigenvalue weighted by Gasteiger charge is -1.98. The highest BCUT2D eigenvalue weighted by Crippen LogP contribution is 2.24. The van der Waals surface area contributed by atoms with Crippen LogP contribution in [0.2, 0.25) is 10.0 Å². The number of hydrogen-bond donors (Lipinski definition) is 2. The molecule has 1 aromatic rings. The van der Waals surface area contributed by atoms with Gasteiger partial charge in [-0.1, -0.05) is 23.2 Å². The molecule has 1 rings (SSSR count). The average Bonchev–Trinajstić information content (AvgIpc) is 1.95. The van der Waals surface area contributed by atoms with E-state index in [1.807, 2.05) is 5.48 Å². The van der Waals surface area contributed by atoms with Crippen molar-refractivity contribution >= 4 is 28.9 Å². The van der Waals surface area contributed by atoms with Gasteiger partial charge in [0.2, 0.25) is 0 Å². The molecule has 4 heteroatoms. The summed E-state index contributed by atoms with van der Waals surface area (Å²) in [7, 11) is 0. The second-order valence-electron chi connectivity index (χ2n) is 1.74. The number of anilines is 1. The molecule has 0 aliphatic rings. The molecule has 10 heavy (non-hydrogen) atoms. The topological polar surface area (TPSA) is 32.3 Å². The van der Waals surface area contributed by atoms with Gasteiger partial charge in [0.05, 0.1) is 15.7 Å². The Morgan fingerprint density at radius 1 is 1.20 bits per heavy atom. The zero-order valence-electron chi connectivity index (χ0n) is 4.94. The highest BCUT2D eigenvalue weighted by atomic mass is 35.5. The molecular formula is C6H5Cl2NO. The number of rotatable bonds is 1. The molecule has 0 aliphatic heterocycles. The molecule has 0 unspecified atom stereocenters. The van der Waals surface area contributed by atoms with E-state index < -0.39 is 0 Å². The molecule has 0 fully saturated rings. The summed E-state index contributed by atoms with van der Waals surface area (Å²) >= 11 is 11.2. The molecule has 0 bridgehead atoms. The monoisotopic (exact) mass is 177 g/mol. The van der Waals surface area contributed by atoms with Crippen molar-refractivity contribution in [3.8, 4) is 0 Å². The maximum atomic E-state index is 8.40. The molecule has 2 N–H and O–H groups in total. The summed E-state index contributed by atoms with van der Waals surface area (Å²) in [5, 5.41) is 9.29. The molecule has 0 aliphatic carbocycles. The molecule has 0 heterocycles. The van der Waals surface area contributed by atoms with Crippen molar-refractivity contribution in [1.29, 1.82) is 0 Å². The van der Waals surface area contributed by atoms with Gasteiger partial charge in [-0.25, -0.2) is 0 Å². The average molecular weight is 178 g/mol. The quantitative estimate of drug-likeness (QED) is 0.648.